The van der Waals surface area contributed by atoms with Gasteiger partial charge in [-0.1, -0.05) is 19.9 Å². The smallest absolute Gasteiger partial charge is 0.253 e. The molecular weight excluding hydrogens is 434 g/mol. The highest BCUT2D eigenvalue weighted by atomic mass is 32.1. The van der Waals surface area contributed by atoms with Gasteiger partial charge in [0.15, 0.2) is 0 Å². The van der Waals surface area contributed by atoms with E-state index in [-0.39, 0.29) is 30.6 Å². The zero-order chi connectivity index (χ0) is 23.5. The predicted molar refractivity (Wildman–Crippen MR) is 131 cm³/mol. The molecule has 3 heterocycles. The van der Waals surface area contributed by atoms with Gasteiger partial charge in [0.2, 0.25) is 11.8 Å². The summed E-state index contributed by atoms with van der Waals surface area (Å²) in [6.07, 6.45) is 2.35. The number of amides is 3. The molecule has 2 aliphatic rings. The van der Waals surface area contributed by atoms with Crippen LogP contribution in [0.25, 0.3) is 0 Å². The largest absolute Gasteiger partial charge is 0.338 e. The van der Waals surface area contributed by atoms with Crippen LogP contribution >= 0.6 is 11.3 Å². The van der Waals surface area contributed by atoms with Crippen molar-refractivity contribution in [3.63, 3.8) is 0 Å². The molecule has 2 unspecified atom stereocenters. The minimum atomic E-state index is -0.204. The van der Waals surface area contributed by atoms with E-state index in [1.54, 1.807) is 17.4 Å². The second-order valence-electron chi connectivity index (χ2n) is 9.67. The number of benzene rings is 1. The van der Waals surface area contributed by atoms with E-state index in [1.165, 1.54) is 10.4 Å². The highest BCUT2D eigenvalue weighted by Gasteiger charge is 2.26. The fraction of sp³-hybridized carbons (Fsp3) is 0.500. The second-order valence-corrected chi connectivity index (χ2v) is 10.7. The molecule has 1 aromatic carbocycles. The average Bonchev–Trinajstić information content (AvgIpc) is 3.25. The molecule has 4 rings (SSSR count). The lowest BCUT2D eigenvalue weighted by molar-refractivity contribution is -0.133. The molecule has 2 aromatic rings. The van der Waals surface area contributed by atoms with Crippen LogP contribution in [-0.4, -0.2) is 47.2 Å². The zero-order valence-corrected chi connectivity index (χ0v) is 20.5. The van der Waals surface area contributed by atoms with Crippen LogP contribution in [0.3, 0.4) is 0 Å². The van der Waals surface area contributed by atoms with E-state index < -0.39 is 0 Å². The number of likely N-dealkylation sites (tertiary alicyclic amines) is 1. The first-order valence-corrected chi connectivity index (χ1v) is 12.7. The lowest BCUT2D eigenvalue weighted by atomic mass is 9.91. The molecule has 1 N–H and O–H groups in total. The van der Waals surface area contributed by atoms with Gasteiger partial charge in [0.25, 0.3) is 5.91 Å². The van der Waals surface area contributed by atoms with Crippen molar-refractivity contribution in [2.24, 2.45) is 11.8 Å². The SMILES string of the molecule is Cc1ccc(C(=O)N2CC(C)CC(C)C2)cc1NC(=O)CCC(=O)N1CCc2sccc2C1. The number of hydrogen-bond donors (Lipinski definition) is 1. The number of piperidine rings is 1. The van der Waals surface area contributed by atoms with Crippen LogP contribution < -0.4 is 5.32 Å². The van der Waals surface area contributed by atoms with E-state index >= 15 is 0 Å². The van der Waals surface area contributed by atoms with Gasteiger partial charge >= 0.3 is 0 Å². The fourth-order valence-corrected chi connectivity index (χ4v) is 5.84. The van der Waals surface area contributed by atoms with E-state index in [0.29, 0.717) is 36.2 Å². The van der Waals surface area contributed by atoms with Crippen molar-refractivity contribution in [2.75, 3.05) is 25.0 Å². The van der Waals surface area contributed by atoms with Crippen molar-refractivity contribution in [3.05, 3.63) is 51.2 Å². The van der Waals surface area contributed by atoms with Crippen LogP contribution in [0.15, 0.2) is 29.6 Å². The lowest BCUT2D eigenvalue weighted by Gasteiger charge is -2.35. The lowest BCUT2D eigenvalue weighted by Crippen LogP contribution is -2.42. The number of nitrogens with one attached hydrogen (secondary N) is 1. The Bertz CT molecular complexity index is 1040. The summed E-state index contributed by atoms with van der Waals surface area (Å²) < 4.78 is 0. The normalized spacial score (nSPS) is 20.3. The van der Waals surface area contributed by atoms with Crippen LogP contribution in [0.1, 0.15) is 59.5 Å². The third-order valence-corrected chi connectivity index (χ3v) is 7.66. The maximum atomic E-state index is 13.1. The monoisotopic (exact) mass is 467 g/mol. The molecular formula is C26H33N3O3S. The number of carbonyl (C=O) groups is 3. The van der Waals surface area contributed by atoms with Gasteiger partial charge in [0.1, 0.15) is 0 Å². The summed E-state index contributed by atoms with van der Waals surface area (Å²) >= 11 is 1.74. The summed E-state index contributed by atoms with van der Waals surface area (Å²) in [5.74, 6) is 0.801. The van der Waals surface area contributed by atoms with Gasteiger partial charge in [0.05, 0.1) is 0 Å². The van der Waals surface area contributed by atoms with Crippen molar-refractivity contribution in [2.45, 2.75) is 53.0 Å². The van der Waals surface area contributed by atoms with Gasteiger partial charge in [0, 0.05) is 55.1 Å². The predicted octanol–water partition coefficient (Wildman–Crippen LogP) is 4.48. The molecule has 0 aliphatic carbocycles. The fourth-order valence-electron chi connectivity index (χ4n) is 4.95. The maximum Gasteiger partial charge on any atom is 0.253 e. The molecule has 0 saturated carbocycles. The van der Waals surface area contributed by atoms with Crippen molar-refractivity contribution >= 4 is 34.7 Å². The van der Waals surface area contributed by atoms with Crippen LogP contribution in [0.4, 0.5) is 5.69 Å². The van der Waals surface area contributed by atoms with Gasteiger partial charge in [-0.3, -0.25) is 14.4 Å². The molecule has 1 fully saturated rings. The van der Waals surface area contributed by atoms with Gasteiger partial charge < -0.3 is 15.1 Å². The molecule has 176 valence electrons. The van der Waals surface area contributed by atoms with Crippen LogP contribution in [0.5, 0.6) is 0 Å². The summed E-state index contributed by atoms with van der Waals surface area (Å²) in [4.78, 5) is 43.4. The van der Waals surface area contributed by atoms with Gasteiger partial charge in [-0.15, -0.1) is 11.3 Å². The highest BCUT2D eigenvalue weighted by Crippen LogP contribution is 2.26. The molecule has 1 aromatic heterocycles. The zero-order valence-electron chi connectivity index (χ0n) is 19.7. The summed E-state index contributed by atoms with van der Waals surface area (Å²) in [7, 11) is 0. The molecule has 0 radical (unpaired) electrons. The van der Waals surface area contributed by atoms with E-state index in [2.05, 4.69) is 30.6 Å². The summed E-state index contributed by atoms with van der Waals surface area (Å²) in [5, 5.41) is 4.99. The van der Waals surface area contributed by atoms with Crippen molar-refractivity contribution < 1.29 is 14.4 Å². The first-order valence-electron chi connectivity index (χ1n) is 11.8. The Hall–Kier alpha value is -2.67. The average molecular weight is 468 g/mol. The molecule has 6 nitrogen and oxygen atoms in total. The van der Waals surface area contributed by atoms with E-state index in [9.17, 15) is 14.4 Å². The molecule has 7 heteroatoms. The molecule has 3 amide bonds. The maximum absolute atomic E-state index is 13.1. The standard InChI is InChI=1S/C26H33N3O3S/c1-17-12-18(2)15-29(14-17)26(32)20-5-4-19(3)22(13-20)27-24(30)6-7-25(31)28-10-8-23-21(16-28)9-11-33-23/h4-5,9,11,13,17-18H,6-8,10,12,14-16H2,1-3H3,(H,27,30). The number of anilines is 1. The highest BCUT2D eigenvalue weighted by molar-refractivity contribution is 7.10. The molecule has 1 saturated heterocycles. The number of carbonyl (C=O) groups excluding carboxylic acids is 3. The number of hydrogen-bond acceptors (Lipinski definition) is 4. The number of rotatable bonds is 5. The summed E-state index contributed by atoms with van der Waals surface area (Å²) in [6.45, 7) is 9.16. The molecule has 2 atom stereocenters. The Kier molecular flexibility index (Phi) is 7.17. The van der Waals surface area contributed by atoms with E-state index in [1.807, 2.05) is 28.9 Å². The number of aryl methyl sites for hydroxylation is 1. The first kappa shape index (κ1) is 23.5. The Morgan fingerprint density at radius 1 is 1.06 bits per heavy atom. The number of fused-ring (bicyclic) bond motifs is 1. The Balaban J connectivity index is 1.33. The van der Waals surface area contributed by atoms with E-state index in [4.69, 9.17) is 0 Å². The quantitative estimate of drug-likeness (QED) is 0.705. The molecule has 0 bridgehead atoms. The second kappa shape index (κ2) is 10.1. The van der Waals surface area contributed by atoms with Crippen LogP contribution in [0.2, 0.25) is 0 Å². The van der Waals surface area contributed by atoms with Gasteiger partial charge in [-0.25, -0.2) is 0 Å². The van der Waals surface area contributed by atoms with Crippen LogP contribution in [0, 0.1) is 18.8 Å². The van der Waals surface area contributed by atoms with Gasteiger partial charge in [-0.05, 0) is 66.3 Å². The topological polar surface area (TPSA) is 69.7 Å². The summed E-state index contributed by atoms with van der Waals surface area (Å²) in [5.41, 5.74) is 3.34. The summed E-state index contributed by atoms with van der Waals surface area (Å²) in [6, 6.07) is 7.55. The Morgan fingerprint density at radius 3 is 2.58 bits per heavy atom. The molecule has 0 spiro atoms. The van der Waals surface area contributed by atoms with Crippen molar-refractivity contribution in [1.82, 2.24) is 9.80 Å². The third-order valence-electron chi connectivity index (χ3n) is 6.64. The number of thiophene rings is 1. The van der Waals surface area contributed by atoms with Crippen LogP contribution in [-0.2, 0) is 22.6 Å². The minimum absolute atomic E-state index is 0.0102. The van der Waals surface area contributed by atoms with Crippen molar-refractivity contribution in [1.29, 1.82) is 0 Å². The third kappa shape index (κ3) is 5.64. The Morgan fingerprint density at radius 2 is 1.82 bits per heavy atom. The number of nitrogens with zero attached hydrogens (tertiary/aromatic N) is 2. The first-order chi connectivity index (χ1) is 15.8. The van der Waals surface area contributed by atoms with Crippen molar-refractivity contribution in [3.8, 4) is 0 Å². The Labute approximate surface area is 200 Å². The molecule has 33 heavy (non-hydrogen) atoms. The van der Waals surface area contributed by atoms with Gasteiger partial charge in [-0.2, -0.15) is 0 Å². The molecule has 2 aliphatic heterocycles. The minimum Gasteiger partial charge on any atom is -0.338 e. The van der Waals surface area contributed by atoms with E-state index in [0.717, 1.165) is 31.5 Å².